The lowest BCUT2D eigenvalue weighted by Crippen LogP contribution is -2.40. The summed E-state index contributed by atoms with van der Waals surface area (Å²) in [7, 11) is 0. The largest absolute Gasteiger partial charge is 0.356 e. The Morgan fingerprint density at radius 3 is 2.82 bits per heavy atom. The summed E-state index contributed by atoms with van der Waals surface area (Å²) in [6, 6.07) is 9.82. The molecule has 28 heavy (non-hydrogen) atoms. The molecule has 7 heteroatoms. The molecule has 5 nitrogen and oxygen atoms in total. The summed E-state index contributed by atoms with van der Waals surface area (Å²) in [6.07, 6.45) is 4.30. The summed E-state index contributed by atoms with van der Waals surface area (Å²) >= 11 is 7.90. The first-order valence-electron chi connectivity index (χ1n) is 9.65. The van der Waals surface area contributed by atoms with Crippen molar-refractivity contribution in [1.29, 1.82) is 0 Å². The van der Waals surface area contributed by atoms with Crippen LogP contribution < -0.4 is 10.2 Å². The first-order chi connectivity index (χ1) is 13.7. The Balaban J connectivity index is 1.37. The first-order valence-corrected chi connectivity index (χ1v) is 10.8. The van der Waals surface area contributed by atoms with Crippen LogP contribution in [0.4, 0.5) is 5.82 Å². The average Bonchev–Trinajstić information content (AvgIpc) is 3.16. The number of aryl methyl sites for hydroxylation is 1. The van der Waals surface area contributed by atoms with E-state index >= 15 is 0 Å². The van der Waals surface area contributed by atoms with E-state index in [-0.39, 0.29) is 11.8 Å². The van der Waals surface area contributed by atoms with Gasteiger partial charge in [-0.3, -0.25) is 4.79 Å². The van der Waals surface area contributed by atoms with Gasteiger partial charge in [-0.05, 0) is 37.0 Å². The van der Waals surface area contributed by atoms with Crippen molar-refractivity contribution < 1.29 is 4.79 Å². The molecule has 1 saturated heterocycles. The van der Waals surface area contributed by atoms with Crippen molar-refractivity contribution in [2.75, 3.05) is 18.0 Å². The van der Waals surface area contributed by atoms with E-state index in [2.05, 4.69) is 33.2 Å². The molecule has 1 amide bonds. The lowest BCUT2D eigenvalue weighted by atomic mass is 9.95. The van der Waals surface area contributed by atoms with Gasteiger partial charge in [-0.15, -0.1) is 11.3 Å². The van der Waals surface area contributed by atoms with Crippen molar-refractivity contribution in [3.8, 4) is 0 Å². The third-order valence-electron chi connectivity index (χ3n) is 5.28. The smallest absolute Gasteiger partial charge is 0.223 e. The van der Waals surface area contributed by atoms with Gasteiger partial charge in [0.2, 0.25) is 5.91 Å². The molecule has 1 aliphatic rings. The normalized spacial score (nSPS) is 15.1. The summed E-state index contributed by atoms with van der Waals surface area (Å²) < 4.78 is 0. The van der Waals surface area contributed by atoms with Gasteiger partial charge in [-0.1, -0.05) is 36.7 Å². The Kier molecular flexibility index (Phi) is 5.78. The van der Waals surface area contributed by atoms with Crippen LogP contribution in [0.5, 0.6) is 0 Å². The average molecular weight is 415 g/mol. The zero-order chi connectivity index (χ0) is 19.5. The van der Waals surface area contributed by atoms with E-state index in [9.17, 15) is 4.79 Å². The van der Waals surface area contributed by atoms with Crippen LogP contribution in [-0.2, 0) is 17.8 Å². The van der Waals surface area contributed by atoms with E-state index in [4.69, 9.17) is 11.6 Å². The highest BCUT2D eigenvalue weighted by atomic mass is 35.5. The van der Waals surface area contributed by atoms with Crippen molar-refractivity contribution in [3.05, 3.63) is 52.1 Å². The number of nitrogens with one attached hydrogen (secondary N) is 1. The molecule has 0 bridgehead atoms. The Morgan fingerprint density at radius 2 is 2.07 bits per heavy atom. The number of hydrogen-bond acceptors (Lipinski definition) is 5. The van der Waals surface area contributed by atoms with Gasteiger partial charge in [-0.2, -0.15) is 0 Å². The highest BCUT2D eigenvalue weighted by Gasteiger charge is 2.26. The van der Waals surface area contributed by atoms with Gasteiger partial charge in [0.1, 0.15) is 17.0 Å². The van der Waals surface area contributed by atoms with Crippen molar-refractivity contribution >= 4 is 44.9 Å². The Morgan fingerprint density at radius 1 is 1.29 bits per heavy atom. The molecule has 0 unspecified atom stereocenters. The fourth-order valence-electron chi connectivity index (χ4n) is 3.64. The zero-order valence-electron chi connectivity index (χ0n) is 15.8. The van der Waals surface area contributed by atoms with E-state index in [1.807, 2.05) is 24.3 Å². The van der Waals surface area contributed by atoms with Crippen LogP contribution in [0.25, 0.3) is 10.2 Å². The van der Waals surface area contributed by atoms with Gasteiger partial charge >= 0.3 is 0 Å². The minimum absolute atomic E-state index is 0.0322. The molecule has 0 radical (unpaired) electrons. The molecule has 0 aliphatic carbocycles. The minimum atomic E-state index is 0.0322. The van der Waals surface area contributed by atoms with E-state index in [0.717, 1.165) is 53.9 Å². The van der Waals surface area contributed by atoms with Gasteiger partial charge in [-0.25, -0.2) is 9.97 Å². The Labute approximate surface area is 173 Å². The maximum atomic E-state index is 12.6. The second kappa shape index (κ2) is 8.45. The lowest BCUT2D eigenvalue weighted by Gasteiger charge is -2.32. The maximum absolute atomic E-state index is 12.6. The molecule has 2 aromatic heterocycles. The molecule has 1 aliphatic heterocycles. The molecular weight excluding hydrogens is 392 g/mol. The van der Waals surface area contributed by atoms with Crippen LogP contribution in [0, 0.1) is 5.92 Å². The highest BCUT2D eigenvalue weighted by molar-refractivity contribution is 7.18. The highest BCUT2D eigenvalue weighted by Crippen LogP contribution is 2.32. The summed E-state index contributed by atoms with van der Waals surface area (Å²) in [5.41, 5.74) is 0.947. The fourth-order valence-corrected chi connectivity index (χ4v) is 4.77. The zero-order valence-corrected chi connectivity index (χ0v) is 17.4. The molecule has 1 aromatic carbocycles. The Bertz CT molecular complexity index is 981. The van der Waals surface area contributed by atoms with E-state index in [1.54, 1.807) is 17.7 Å². The van der Waals surface area contributed by atoms with Crippen LogP contribution in [0.1, 0.15) is 30.2 Å². The second-order valence-corrected chi connectivity index (χ2v) is 8.58. The number of carbonyl (C=O) groups is 1. The van der Waals surface area contributed by atoms with Gasteiger partial charge in [0, 0.05) is 35.5 Å². The SMILES string of the molecule is CCc1cc2c(N3CCC(C(=O)NCc4ccccc4Cl)CC3)ncnc2s1. The number of nitrogens with zero attached hydrogens (tertiary/aromatic N) is 3. The third kappa shape index (κ3) is 3.98. The number of hydrogen-bond donors (Lipinski definition) is 1. The molecular formula is C21H23ClN4OS. The predicted molar refractivity (Wildman–Crippen MR) is 115 cm³/mol. The van der Waals surface area contributed by atoms with Crippen molar-refractivity contribution in [2.45, 2.75) is 32.7 Å². The number of halogens is 1. The minimum Gasteiger partial charge on any atom is -0.356 e. The molecule has 3 heterocycles. The quantitative estimate of drug-likeness (QED) is 0.670. The molecule has 146 valence electrons. The van der Waals surface area contributed by atoms with Crippen LogP contribution in [0.2, 0.25) is 5.02 Å². The number of amides is 1. The fraction of sp³-hybridized carbons (Fsp3) is 0.381. The molecule has 0 saturated carbocycles. The van der Waals surface area contributed by atoms with Crippen LogP contribution >= 0.6 is 22.9 Å². The maximum Gasteiger partial charge on any atom is 0.223 e. The van der Waals surface area contributed by atoms with Crippen LogP contribution in [-0.4, -0.2) is 29.0 Å². The van der Waals surface area contributed by atoms with E-state index in [1.165, 1.54) is 4.88 Å². The summed E-state index contributed by atoms with van der Waals surface area (Å²) in [5.74, 6) is 1.14. The number of aromatic nitrogens is 2. The molecule has 4 rings (SSSR count). The molecule has 3 aromatic rings. The summed E-state index contributed by atoms with van der Waals surface area (Å²) in [5, 5.41) is 4.86. The number of thiophene rings is 1. The van der Waals surface area contributed by atoms with Gasteiger partial charge in [0.25, 0.3) is 0 Å². The second-order valence-electron chi connectivity index (χ2n) is 7.05. The molecule has 1 fully saturated rings. The van der Waals surface area contributed by atoms with Gasteiger partial charge in [0.15, 0.2) is 0 Å². The number of piperidine rings is 1. The van der Waals surface area contributed by atoms with Crippen LogP contribution in [0.3, 0.4) is 0 Å². The summed E-state index contributed by atoms with van der Waals surface area (Å²) in [6.45, 7) is 4.28. The van der Waals surface area contributed by atoms with Crippen molar-refractivity contribution in [3.63, 3.8) is 0 Å². The van der Waals surface area contributed by atoms with Gasteiger partial charge < -0.3 is 10.2 Å². The number of carbonyl (C=O) groups excluding carboxylic acids is 1. The number of fused-ring (bicyclic) bond motifs is 1. The number of benzene rings is 1. The third-order valence-corrected chi connectivity index (χ3v) is 6.84. The van der Waals surface area contributed by atoms with Crippen molar-refractivity contribution in [1.82, 2.24) is 15.3 Å². The predicted octanol–water partition coefficient (Wildman–Crippen LogP) is 4.44. The van der Waals surface area contributed by atoms with Crippen molar-refractivity contribution in [2.24, 2.45) is 5.92 Å². The molecule has 0 spiro atoms. The van der Waals surface area contributed by atoms with Crippen LogP contribution in [0.15, 0.2) is 36.7 Å². The standard InChI is InChI=1S/C21H23ClN4OS/c1-2-16-11-17-19(24-13-25-21(17)28-16)26-9-7-14(8-10-26)20(27)23-12-15-5-3-4-6-18(15)22/h3-6,11,13-14H,2,7-10,12H2,1H3,(H,23,27). The Hall–Kier alpha value is -2.18. The monoisotopic (exact) mass is 414 g/mol. The summed E-state index contributed by atoms with van der Waals surface area (Å²) in [4.78, 5) is 26.2. The number of rotatable bonds is 5. The van der Waals surface area contributed by atoms with Gasteiger partial charge in [0.05, 0.1) is 5.39 Å². The van der Waals surface area contributed by atoms with E-state index in [0.29, 0.717) is 11.6 Å². The lowest BCUT2D eigenvalue weighted by molar-refractivity contribution is -0.125. The molecule has 1 N–H and O–H groups in total. The molecule has 0 atom stereocenters. The first kappa shape index (κ1) is 19.2. The topological polar surface area (TPSA) is 58.1 Å². The number of anilines is 1. The van der Waals surface area contributed by atoms with E-state index < -0.39 is 0 Å².